The molecule has 2 aromatic carbocycles. The second-order valence-electron chi connectivity index (χ2n) is 5.67. The van der Waals surface area contributed by atoms with Crippen LogP contribution in [0.3, 0.4) is 0 Å². The van der Waals surface area contributed by atoms with E-state index in [0.29, 0.717) is 28.6 Å². The van der Waals surface area contributed by atoms with Crippen LogP contribution in [0, 0.1) is 0 Å². The first-order chi connectivity index (χ1) is 14.0. The van der Waals surface area contributed by atoms with Gasteiger partial charge in [-0.2, -0.15) is 0 Å². The molecule has 2 rings (SSSR count). The zero-order chi connectivity index (χ0) is 21.4. The van der Waals surface area contributed by atoms with E-state index in [0.717, 1.165) is 0 Å². The predicted molar refractivity (Wildman–Crippen MR) is 108 cm³/mol. The fraction of sp³-hybridized carbons (Fsp3) is 0.238. The fourth-order valence-corrected chi connectivity index (χ4v) is 2.57. The van der Waals surface area contributed by atoms with E-state index in [1.807, 2.05) is 0 Å². The summed E-state index contributed by atoms with van der Waals surface area (Å²) in [6.07, 6.45) is 2.89. The number of carbonyl (C=O) groups excluding carboxylic acids is 2. The highest BCUT2D eigenvalue weighted by atomic mass is 16.5. The molecule has 0 aliphatic heterocycles. The van der Waals surface area contributed by atoms with E-state index in [1.54, 1.807) is 31.4 Å². The summed E-state index contributed by atoms with van der Waals surface area (Å²) < 4.78 is 25.7. The van der Waals surface area contributed by atoms with Crippen LogP contribution in [-0.4, -0.2) is 47.4 Å². The minimum absolute atomic E-state index is 0.130. The van der Waals surface area contributed by atoms with Gasteiger partial charge in [-0.25, -0.2) is 4.79 Å². The van der Waals surface area contributed by atoms with Gasteiger partial charge in [0.1, 0.15) is 11.5 Å². The van der Waals surface area contributed by atoms with Gasteiger partial charge in [0.05, 0.1) is 46.8 Å². The number of carbonyl (C=O) groups is 2. The monoisotopic (exact) mass is 401 g/mol. The molecular formula is C21H23NO7. The number of hydrogen-bond donors (Lipinski definition) is 1. The van der Waals surface area contributed by atoms with Gasteiger partial charge in [0, 0.05) is 23.8 Å². The van der Waals surface area contributed by atoms with Crippen LogP contribution >= 0.6 is 0 Å². The van der Waals surface area contributed by atoms with E-state index in [9.17, 15) is 9.59 Å². The Morgan fingerprint density at radius 2 is 1.48 bits per heavy atom. The maximum absolute atomic E-state index is 12.5. The molecule has 29 heavy (non-hydrogen) atoms. The first-order valence-electron chi connectivity index (χ1n) is 8.52. The van der Waals surface area contributed by atoms with Gasteiger partial charge in [0.15, 0.2) is 11.5 Å². The van der Waals surface area contributed by atoms with Crippen LogP contribution in [0.4, 0.5) is 5.69 Å². The molecule has 0 bridgehead atoms. The second-order valence-corrected chi connectivity index (χ2v) is 5.67. The van der Waals surface area contributed by atoms with Gasteiger partial charge in [0.25, 0.3) is 0 Å². The number of amides is 1. The van der Waals surface area contributed by atoms with E-state index >= 15 is 0 Å². The van der Waals surface area contributed by atoms with Crippen molar-refractivity contribution >= 4 is 23.6 Å². The number of nitrogens with one attached hydrogen (secondary N) is 1. The highest BCUT2D eigenvalue weighted by Crippen LogP contribution is 2.34. The minimum Gasteiger partial charge on any atom is -0.497 e. The Kier molecular flexibility index (Phi) is 7.47. The van der Waals surface area contributed by atoms with E-state index in [2.05, 4.69) is 5.32 Å². The van der Waals surface area contributed by atoms with Crippen molar-refractivity contribution in [1.82, 2.24) is 0 Å². The van der Waals surface area contributed by atoms with E-state index in [-0.39, 0.29) is 11.3 Å². The van der Waals surface area contributed by atoms with Gasteiger partial charge in [-0.05, 0) is 24.3 Å². The molecular weight excluding hydrogens is 378 g/mol. The van der Waals surface area contributed by atoms with Crippen LogP contribution in [0.2, 0.25) is 0 Å². The molecule has 1 N–H and O–H groups in total. The van der Waals surface area contributed by atoms with Crippen LogP contribution < -0.4 is 24.3 Å². The Morgan fingerprint density at radius 1 is 0.828 bits per heavy atom. The standard InChI is InChI=1S/C21H23NO7/c1-25-14-7-8-17(26-2)13(10-14)6-9-20(23)22-16-12-19(28-4)18(27-3)11-15(16)21(24)29-5/h6-12H,1-5H3,(H,22,23)/b9-6+. The third-order valence-electron chi connectivity index (χ3n) is 4.04. The summed E-state index contributed by atoms with van der Waals surface area (Å²) in [5.74, 6) is 0.804. The molecule has 0 spiro atoms. The predicted octanol–water partition coefficient (Wildman–Crippen LogP) is 3.16. The molecule has 2 aromatic rings. The van der Waals surface area contributed by atoms with Crippen molar-refractivity contribution in [1.29, 1.82) is 0 Å². The Balaban J connectivity index is 2.33. The average Bonchev–Trinajstić information content (AvgIpc) is 2.76. The van der Waals surface area contributed by atoms with Crippen molar-refractivity contribution in [3.8, 4) is 23.0 Å². The quantitative estimate of drug-likeness (QED) is 0.536. The lowest BCUT2D eigenvalue weighted by molar-refractivity contribution is -0.111. The molecule has 154 valence electrons. The number of esters is 1. The number of anilines is 1. The van der Waals surface area contributed by atoms with Crippen molar-refractivity contribution < 1.29 is 33.3 Å². The molecule has 0 aromatic heterocycles. The van der Waals surface area contributed by atoms with Crippen molar-refractivity contribution in [3.63, 3.8) is 0 Å². The Morgan fingerprint density at radius 3 is 2.07 bits per heavy atom. The smallest absolute Gasteiger partial charge is 0.340 e. The average molecular weight is 401 g/mol. The SMILES string of the molecule is COC(=O)c1cc(OC)c(OC)cc1NC(=O)/C=C/c1cc(OC)ccc1OC. The van der Waals surface area contributed by atoms with E-state index < -0.39 is 11.9 Å². The molecule has 0 fully saturated rings. The lowest BCUT2D eigenvalue weighted by atomic mass is 10.1. The molecule has 0 aliphatic rings. The normalized spacial score (nSPS) is 10.4. The topological polar surface area (TPSA) is 92.3 Å². The summed E-state index contributed by atoms with van der Waals surface area (Å²) >= 11 is 0. The Bertz CT molecular complexity index is 921. The lowest BCUT2D eigenvalue weighted by Gasteiger charge is -2.14. The molecule has 0 saturated carbocycles. The molecule has 0 radical (unpaired) electrons. The van der Waals surface area contributed by atoms with Crippen molar-refractivity contribution in [2.75, 3.05) is 40.9 Å². The van der Waals surface area contributed by atoms with Crippen molar-refractivity contribution in [2.24, 2.45) is 0 Å². The van der Waals surface area contributed by atoms with Crippen molar-refractivity contribution in [2.45, 2.75) is 0 Å². The maximum Gasteiger partial charge on any atom is 0.340 e. The van der Waals surface area contributed by atoms with Crippen LogP contribution in [-0.2, 0) is 9.53 Å². The second kappa shape index (κ2) is 10.0. The molecule has 0 atom stereocenters. The first kappa shape index (κ1) is 21.6. The molecule has 1 amide bonds. The molecule has 0 aliphatic carbocycles. The van der Waals surface area contributed by atoms with Gasteiger partial charge in [-0.3, -0.25) is 4.79 Å². The minimum atomic E-state index is -0.625. The highest BCUT2D eigenvalue weighted by Gasteiger charge is 2.18. The zero-order valence-corrected chi connectivity index (χ0v) is 16.9. The Labute approximate surface area is 169 Å². The third kappa shape index (κ3) is 5.19. The third-order valence-corrected chi connectivity index (χ3v) is 4.04. The molecule has 0 saturated heterocycles. The van der Waals surface area contributed by atoms with Gasteiger partial charge in [-0.1, -0.05) is 0 Å². The zero-order valence-electron chi connectivity index (χ0n) is 16.9. The maximum atomic E-state index is 12.5. The van der Waals surface area contributed by atoms with Crippen LogP contribution in [0.1, 0.15) is 15.9 Å². The molecule has 0 unspecified atom stereocenters. The summed E-state index contributed by atoms with van der Waals surface area (Å²) in [6.45, 7) is 0. The highest BCUT2D eigenvalue weighted by molar-refractivity contribution is 6.07. The number of benzene rings is 2. The van der Waals surface area contributed by atoms with E-state index in [1.165, 1.54) is 46.6 Å². The van der Waals surface area contributed by atoms with Gasteiger partial charge in [-0.15, -0.1) is 0 Å². The summed E-state index contributed by atoms with van der Waals surface area (Å²) in [6, 6.07) is 8.15. The van der Waals surface area contributed by atoms with E-state index in [4.69, 9.17) is 23.7 Å². The van der Waals surface area contributed by atoms with Gasteiger partial charge in [0.2, 0.25) is 5.91 Å². The first-order valence-corrected chi connectivity index (χ1v) is 8.52. The fourth-order valence-electron chi connectivity index (χ4n) is 2.57. The van der Waals surface area contributed by atoms with Crippen LogP contribution in [0.15, 0.2) is 36.4 Å². The summed E-state index contributed by atoms with van der Waals surface area (Å²) in [7, 11) is 7.23. The lowest BCUT2D eigenvalue weighted by Crippen LogP contribution is -2.13. The summed E-state index contributed by atoms with van der Waals surface area (Å²) in [5, 5.41) is 2.65. The summed E-state index contributed by atoms with van der Waals surface area (Å²) in [4.78, 5) is 24.6. The number of ether oxygens (including phenoxy) is 5. The summed E-state index contributed by atoms with van der Waals surface area (Å²) in [5.41, 5.74) is 1.01. The number of hydrogen-bond acceptors (Lipinski definition) is 7. The van der Waals surface area contributed by atoms with Gasteiger partial charge >= 0.3 is 5.97 Å². The molecule has 8 heteroatoms. The van der Waals surface area contributed by atoms with Gasteiger partial charge < -0.3 is 29.0 Å². The number of rotatable bonds is 8. The molecule has 8 nitrogen and oxygen atoms in total. The van der Waals surface area contributed by atoms with Crippen LogP contribution in [0.25, 0.3) is 6.08 Å². The van der Waals surface area contributed by atoms with Crippen LogP contribution in [0.5, 0.6) is 23.0 Å². The largest absolute Gasteiger partial charge is 0.497 e. The molecule has 0 heterocycles. The Hall–Kier alpha value is -3.68. The number of methoxy groups -OCH3 is 5. The van der Waals surface area contributed by atoms with Crippen molar-refractivity contribution in [3.05, 3.63) is 47.5 Å².